The van der Waals surface area contributed by atoms with E-state index >= 15 is 0 Å². The maximum Gasteiger partial charge on any atom is 1.00 e. The van der Waals surface area contributed by atoms with Gasteiger partial charge in [0.2, 0.25) is 0 Å². The van der Waals surface area contributed by atoms with Gasteiger partial charge in [0.05, 0.1) is 0 Å². The molecule has 0 radical (unpaired) electrons. The van der Waals surface area contributed by atoms with E-state index in [-0.39, 0.29) is 62.0 Å². The summed E-state index contributed by atoms with van der Waals surface area (Å²) >= 11 is 0. The first-order chi connectivity index (χ1) is 7.77. The second-order valence-electron chi connectivity index (χ2n) is 4.25. The summed E-state index contributed by atoms with van der Waals surface area (Å²) in [5.41, 5.74) is 0. The van der Waals surface area contributed by atoms with Gasteiger partial charge in [-0.2, -0.15) is 0 Å². The maximum absolute atomic E-state index is 10.2. The molecule has 0 spiro atoms. The van der Waals surface area contributed by atoms with E-state index in [1.807, 2.05) is 0 Å². The maximum atomic E-state index is 10.2. The first kappa shape index (κ1) is 25.0. The van der Waals surface area contributed by atoms with Crippen LogP contribution in [0.25, 0.3) is 0 Å². The van der Waals surface area contributed by atoms with E-state index in [4.69, 9.17) is 4.89 Å². The molecule has 0 heterocycles. The summed E-state index contributed by atoms with van der Waals surface area (Å²) in [5, 5.41) is 0. The third-order valence-corrected chi connectivity index (χ3v) is 3.10. The zero-order valence-corrected chi connectivity index (χ0v) is 17.4. The Balaban J connectivity index is -0.000000187. The van der Waals surface area contributed by atoms with Gasteiger partial charge in [0.1, 0.15) is 6.61 Å². The van der Waals surface area contributed by atoms with Crippen molar-refractivity contribution in [3.8, 4) is 0 Å². The van der Waals surface area contributed by atoms with Crippen LogP contribution in [0.4, 0.5) is 0 Å². The smallest absolute Gasteiger partial charge is 1.00 e. The minimum Gasteiger partial charge on any atom is -1.00 e. The van der Waals surface area contributed by atoms with Crippen LogP contribution in [0.15, 0.2) is 0 Å². The van der Waals surface area contributed by atoms with Gasteiger partial charge in [0, 0.05) is 4.57 Å². The molecule has 18 heavy (non-hydrogen) atoms. The van der Waals surface area contributed by atoms with E-state index in [2.05, 4.69) is 11.4 Å². The fourth-order valence-corrected chi connectivity index (χ4v) is 2.02. The summed E-state index contributed by atoms with van der Waals surface area (Å²) in [6.07, 6.45) is 12.7. The average molecular weight is 297 g/mol. The Bertz CT molecular complexity index is 181. The predicted molar refractivity (Wildman–Crippen MR) is 69.8 cm³/mol. The molecule has 0 aromatic carbocycles. The van der Waals surface area contributed by atoms with E-state index in [0.29, 0.717) is 6.61 Å². The van der Waals surface area contributed by atoms with Crippen molar-refractivity contribution in [3.63, 3.8) is 0 Å². The van der Waals surface area contributed by atoms with E-state index in [1.165, 1.54) is 51.4 Å². The summed E-state index contributed by atoms with van der Waals surface area (Å²) in [5.74, 6) is 0. The third kappa shape index (κ3) is 23.1. The molecule has 1 atom stereocenters. The molecule has 0 fully saturated rings. The third-order valence-electron chi connectivity index (χ3n) is 2.70. The molecule has 1 unspecified atom stereocenters. The first-order valence-electron chi connectivity index (χ1n) is 6.56. The van der Waals surface area contributed by atoms with Gasteiger partial charge in [0.15, 0.2) is 0 Å². The van der Waals surface area contributed by atoms with Crippen LogP contribution < -0.4 is 59.1 Å². The number of hydrogen-bond acceptors (Lipinski definition) is 2. The molecule has 0 aliphatic carbocycles. The molecule has 3 nitrogen and oxygen atoms in total. The Morgan fingerprint density at radius 2 is 1.28 bits per heavy atom. The molecule has 0 aromatic heterocycles. The minimum absolute atomic E-state index is 0. The summed E-state index contributed by atoms with van der Waals surface area (Å²) in [6, 6.07) is 0. The molecule has 0 aliphatic rings. The second-order valence-corrected chi connectivity index (χ2v) is 4.99. The summed E-state index contributed by atoms with van der Waals surface area (Å²) in [4.78, 5) is 8.38. The fourth-order valence-electron chi connectivity index (χ4n) is 1.73. The van der Waals surface area contributed by atoms with Crippen LogP contribution in [0.3, 0.4) is 0 Å². The van der Waals surface area contributed by atoms with Crippen LogP contribution in [0.5, 0.6) is 0 Å². The molecular weight excluding hydrogens is 269 g/mol. The van der Waals surface area contributed by atoms with Crippen LogP contribution in [0.2, 0.25) is 0 Å². The molecule has 0 amide bonds. The first-order valence-corrected chi connectivity index (χ1v) is 7.69. The number of rotatable bonds is 12. The van der Waals surface area contributed by atoms with Crippen LogP contribution >= 0.6 is 8.25 Å². The van der Waals surface area contributed by atoms with E-state index in [9.17, 15) is 4.57 Å². The van der Waals surface area contributed by atoms with Crippen molar-refractivity contribution in [1.29, 1.82) is 0 Å². The largest absolute Gasteiger partial charge is 1.00 e. The molecule has 0 aliphatic heterocycles. The standard InChI is InChI=1S/C12H25O3P.2Na.2H/c1-2-3-4-5-6-7-8-9-10-11-12-15-16(13)14;;;;/h2-12H2,1H3;;;;/q;2*+1;2*-1/p+1. The average Bonchev–Trinajstić information content (AvgIpc) is 2.25. The van der Waals surface area contributed by atoms with E-state index in [1.54, 1.807) is 0 Å². The van der Waals surface area contributed by atoms with Crippen molar-refractivity contribution in [3.05, 3.63) is 0 Å². The van der Waals surface area contributed by atoms with Crippen LogP contribution in [0.1, 0.15) is 74.0 Å². The SMILES string of the molecule is CCCCCCCCCCCCO[P+](=O)O.[H-].[H-].[Na+].[Na+]. The quantitative estimate of drug-likeness (QED) is 0.280. The zero-order chi connectivity index (χ0) is 12.1. The Morgan fingerprint density at radius 1 is 0.889 bits per heavy atom. The van der Waals surface area contributed by atoms with Crippen LogP contribution in [-0.4, -0.2) is 11.5 Å². The normalized spacial score (nSPS) is 10.4. The van der Waals surface area contributed by atoms with Gasteiger partial charge in [-0.15, -0.1) is 9.42 Å². The van der Waals surface area contributed by atoms with Crippen molar-refractivity contribution in [2.24, 2.45) is 0 Å². The van der Waals surface area contributed by atoms with Crippen molar-refractivity contribution in [2.45, 2.75) is 71.1 Å². The van der Waals surface area contributed by atoms with Gasteiger partial charge in [-0.1, -0.05) is 64.7 Å². The van der Waals surface area contributed by atoms with Crippen LogP contribution in [-0.2, 0) is 9.09 Å². The Hall–Kier alpha value is 2.02. The molecule has 0 rings (SSSR count). The van der Waals surface area contributed by atoms with Gasteiger partial charge in [-0.05, 0) is 6.42 Å². The van der Waals surface area contributed by atoms with Gasteiger partial charge >= 0.3 is 67.4 Å². The van der Waals surface area contributed by atoms with Gasteiger partial charge in [-0.25, -0.2) is 0 Å². The Kier molecular flexibility index (Phi) is 29.6. The van der Waals surface area contributed by atoms with Gasteiger partial charge in [0.25, 0.3) is 0 Å². The molecule has 1 N–H and O–H groups in total. The zero-order valence-electron chi connectivity index (χ0n) is 14.5. The van der Waals surface area contributed by atoms with Crippen molar-refractivity contribution in [2.75, 3.05) is 6.61 Å². The Morgan fingerprint density at radius 3 is 1.67 bits per heavy atom. The summed E-state index contributed by atoms with van der Waals surface area (Å²) < 4.78 is 14.8. The molecule has 100 valence electrons. The summed E-state index contributed by atoms with van der Waals surface area (Å²) in [7, 11) is -2.39. The number of hydrogen-bond donors (Lipinski definition) is 1. The molecule has 6 heteroatoms. The number of unbranched alkanes of at least 4 members (excludes halogenated alkanes) is 9. The topological polar surface area (TPSA) is 46.5 Å². The summed E-state index contributed by atoms with van der Waals surface area (Å²) in [6.45, 7) is 2.66. The monoisotopic (exact) mass is 297 g/mol. The molecule has 0 saturated carbocycles. The van der Waals surface area contributed by atoms with Crippen molar-refractivity contribution < 1.29 is 76.0 Å². The molecule has 0 bridgehead atoms. The van der Waals surface area contributed by atoms with Crippen molar-refractivity contribution >= 4 is 8.25 Å². The predicted octanol–water partition coefficient (Wildman–Crippen LogP) is -1.19. The Labute approximate surface area is 160 Å². The second kappa shape index (κ2) is 21.3. The fraction of sp³-hybridized carbons (Fsp3) is 1.00. The van der Waals surface area contributed by atoms with Gasteiger partial charge in [-0.3, -0.25) is 0 Å². The molecule has 0 saturated heterocycles. The van der Waals surface area contributed by atoms with Crippen molar-refractivity contribution in [1.82, 2.24) is 0 Å². The van der Waals surface area contributed by atoms with Gasteiger partial charge < -0.3 is 2.85 Å². The molecular formula is C12H28Na2O3P+. The molecule has 0 aromatic rings. The van der Waals surface area contributed by atoms with E-state index < -0.39 is 8.25 Å². The van der Waals surface area contributed by atoms with Crippen LogP contribution in [0, 0.1) is 0 Å². The van der Waals surface area contributed by atoms with E-state index in [0.717, 1.165) is 12.8 Å². The minimum atomic E-state index is -2.39.